The number of halogens is 2. The van der Waals surface area contributed by atoms with Gasteiger partial charge in [0.05, 0.1) is 0 Å². The molecule has 4 aromatic rings. The van der Waals surface area contributed by atoms with Gasteiger partial charge in [0.25, 0.3) is 0 Å². The van der Waals surface area contributed by atoms with Crippen LogP contribution in [0.15, 0.2) is 109 Å². The van der Waals surface area contributed by atoms with E-state index >= 15 is 0 Å². The summed E-state index contributed by atoms with van der Waals surface area (Å²) in [4.78, 5) is 0. The first-order valence-electron chi connectivity index (χ1n) is 13.0. The van der Waals surface area contributed by atoms with Gasteiger partial charge in [0, 0.05) is 0 Å². The van der Waals surface area contributed by atoms with Crippen molar-refractivity contribution in [3.05, 3.63) is 154 Å². The van der Waals surface area contributed by atoms with Gasteiger partial charge in [0.15, 0.2) is 0 Å². The molecule has 0 radical (unpaired) electrons. The fourth-order valence-electron chi connectivity index (χ4n) is 6.55. The van der Waals surface area contributed by atoms with E-state index in [4.69, 9.17) is 0 Å². The number of allylic oxidation sites excluding steroid dienone is 4. The molecule has 190 valence electrons. The number of hydrogen-bond donors (Lipinski definition) is 0. The minimum absolute atomic E-state index is 0. The summed E-state index contributed by atoms with van der Waals surface area (Å²) in [7, 11) is 0. The van der Waals surface area contributed by atoms with Gasteiger partial charge in [-0.3, -0.25) is 0 Å². The molecule has 6 rings (SSSR count). The van der Waals surface area contributed by atoms with Gasteiger partial charge >= 0.3 is 222 Å². The number of aryl methyl sites for hydroxylation is 2. The summed E-state index contributed by atoms with van der Waals surface area (Å²) in [5, 5.41) is 0. The number of rotatable bonds is 4. The Morgan fingerprint density at radius 3 is 1.29 bits per heavy atom. The number of fused-ring (bicyclic) bond motifs is 2. The van der Waals surface area contributed by atoms with Crippen LogP contribution in [0, 0.1) is 13.8 Å². The normalized spacial score (nSPS) is 16.6. The maximum Gasteiger partial charge on any atom is -1.00 e. The predicted octanol–water partition coefficient (Wildman–Crippen LogP) is 2.81. The summed E-state index contributed by atoms with van der Waals surface area (Å²) >= 11 is -2.14. The third-order valence-electron chi connectivity index (χ3n) is 7.99. The van der Waals surface area contributed by atoms with Gasteiger partial charge in [-0.1, -0.05) is 0 Å². The van der Waals surface area contributed by atoms with E-state index in [0.29, 0.717) is 8.45 Å². The van der Waals surface area contributed by atoms with Crippen LogP contribution in [0.3, 0.4) is 0 Å². The first-order chi connectivity index (χ1) is 17.5. The molecular formula is C35H32Cl2Ti. The molecule has 0 aliphatic heterocycles. The van der Waals surface area contributed by atoms with E-state index < -0.39 is 17.4 Å². The van der Waals surface area contributed by atoms with Gasteiger partial charge in [-0.15, -0.1) is 0 Å². The van der Waals surface area contributed by atoms with Crippen LogP contribution in [-0.2, 0) is 17.4 Å². The second-order valence-electron chi connectivity index (χ2n) is 10.3. The van der Waals surface area contributed by atoms with E-state index in [0.717, 1.165) is 0 Å². The van der Waals surface area contributed by atoms with Crippen molar-refractivity contribution in [3.63, 3.8) is 0 Å². The molecule has 2 aliphatic carbocycles. The smallest absolute Gasteiger partial charge is 1.00 e. The maximum atomic E-state index is 2.62. The molecule has 0 heterocycles. The van der Waals surface area contributed by atoms with Gasteiger partial charge in [0.1, 0.15) is 0 Å². The van der Waals surface area contributed by atoms with Crippen LogP contribution in [0.4, 0.5) is 0 Å². The van der Waals surface area contributed by atoms with Gasteiger partial charge < -0.3 is 24.8 Å². The van der Waals surface area contributed by atoms with Crippen LogP contribution >= 0.6 is 0 Å². The topological polar surface area (TPSA) is 0 Å². The monoisotopic (exact) mass is 570 g/mol. The molecule has 0 N–H and O–H groups in total. The van der Waals surface area contributed by atoms with Crippen molar-refractivity contribution in [2.45, 2.75) is 36.1 Å². The van der Waals surface area contributed by atoms with Gasteiger partial charge in [-0.05, 0) is 0 Å². The summed E-state index contributed by atoms with van der Waals surface area (Å²) in [5.74, 6) is 0. The third kappa shape index (κ3) is 4.85. The standard InChI is InChI=1S/C13H10.2C11H11.2ClH.Ti/c1-3-7-12(8-4-1)11-13-9-5-2-6-10-13;2*1-8-4-3-5-10-7-6-9(2)11(8)10;;;/h1-10H;2*3-7H,1-2H3;2*1H;/q;;;;;+2/p-2. The zero-order valence-electron chi connectivity index (χ0n) is 22.3. The van der Waals surface area contributed by atoms with Gasteiger partial charge in [-0.25, -0.2) is 0 Å². The van der Waals surface area contributed by atoms with Gasteiger partial charge in [-0.2, -0.15) is 0 Å². The molecule has 3 heteroatoms. The molecule has 38 heavy (non-hydrogen) atoms. The van der Waals surface area contributed by atoms with Crippen LogP contribution in [0.5, 0.6) is 0 Å². The average Bonchev–Trinajstić information content (AvgIpc) is 3.41. The van der Waals surface area contributed by atoms with E-state index in [-0.39, 0.29) is 24.8 Å². The van der Waals surface area contributed by atoms with Crippen molar-refractivity contribution in [2.24, 2.45) is 0 Å². The van der Waals surface area contributed by atoms with Crippen molar-refractivity contribution in [2.75, 3.05) is 0 Å². The Morgan fingerprint density at radius 1 is 0.500 bits per heavy atom. The van der Waals surface area contributed by atoms with Crippen molar-refractivity contribution in [3.8, 4) is 0 Å². The molecule has 0 fully saturated rings. The zero-order valence-corrected chi connectivity index (χ0v) is 25.4. The first-order valence-corrected chi connectivity index (χ1v) is 15.5. The van der Waals surface area contributed by atoms with Crippen molar-refractivity contribution in [1.29, 1.82) is 0 Å². The summed E-state index contributed by atoms with van der Waals surface area (Å²) in [5.41, 5.74) is 14.5. The number of hydrogen-bond acceptors (Lipinski definition) is 0. The molecule has 0 amide bonds. The molecular weight excluding hydrogens is 539 g/mol. The summed E-state index contributed by atoms with van der Waals surface area (Å²) in [6, 6.07) is 36.3. The second kappa shape index (κ2) is 11.7. The molecule has 0 saturated carbocycles. The third-order valence-corrected chi connectivity index (χ3v) is 13.4. The van der Waals surface area contributed by atoms with Crippen LogP contribution in [0.1, 0.15) is 66.8 Å². The largest absolute Gasteiger partial charge is 1.00 e. The molecule has 2 aliphatic rings. The summed E-state index contributed by atoms with van der Waals surface area (Å²) < 4.78 is 2.54. The predicted molar refractivity (Wildman–Crippen MR) is 151 cm³/mol. The molecule has 0 bridgehead atoms. The van der Waals surface area contributed by atoms with E-state index in [9.17, 15) is 0 Å². The fraction of sp³-hybridized carbons (Fsp3) is 0.171. The SMILES string of the molecule is CC1=C[CH]([Ti+2](=[C](c2ccccc2)c2ccccc2)[CH]2C=C(C)c3c(C)cccc32)c2cccc(C)c21.[Cl-].[Cl-]. The maximum absolute atomic E-state index is 2.62. The summed E-state index contributed by atoms with van der Waals surface area (Å²) in [6.45, 7) is 9.19. The minimum atomic E-state index is -2.14. The van der Waals surface area contributed by atoms with E-state index in [1.165, 1.54) is 44.5 Å². The minimum Gasteiger partial charge on any atom is -1.00 e. The molecule has 0 nitrogen and oxygen atoms in total. The molecule has 0 saturated heterocycles. The van der Waals surface area contributed by atoms with Crippen LogP contribution < -0.4 is 24.8 Å². The quantitative estimate of drug-likeness (QED) is 0.331. The van der Waals surface area contributed by atoms with Crippen molar-refractivity contribution in [1.82, 2.24) is 0 Å². The summed E-state index contributed by atoms with van der Waals surface area (Å²) in [6.07, 6.45) is 5.24. The van der Waals surface area contributed by atoms with Crippen molar-refractivity contribution >= 4 is 15.0 Å². The van der Waals surface area contributed by atoms with E-state index in [2.05, 4.69) is 137 Å². The second-order valence-corrected chi connectivity index (χ2v) is 14.4. The van der Waals surface area contributed by atoms with Crippen molar-refractivity contribution < 1.29 is 42.2 Å². The van der Waals surface area contributed by atoms with E-state index in [1.54, 1.807) is 14.9 Å². The molecule has 4 aromatic carbocycles. The Balaban J connectivity index is 0.00000168. The molecule has 0 spiro atoms. The molecule has 0 aromatic heterocycles. The Bertz CT molecular complexity index is 1450. The van der Waals surface area contributed by atoms with Crippen LogP contribution in [0.25, 0.3) is 11.1 Å². The Kier molecular flexibility index (Phi) is 8.80. The Hall–Kier alpha value is -2.48. The Labute approximate surface area is 245 Å². The molecule has 2 atom stereocenters. The van der Waals surface area contributed by atoms with Gasteiger partial charge in [0.2, 0.25) is 0 Å². The Morgan fingerprint density at radius 2 is 0.895 bits per heavy atom. The van der Waals surface area contributed by atoms with Crippen LogP contribution in [-0.4, -0.2) is 3.81 Å². The number of benzene rings is 4. The zero-order chi connectivity index (χ0) is 24.8. The van der Waals surface area contributed by atoms with Crippen LogP contribution in [0.2, 0.25) is 0 Å². The fourth-order valence-corrected chi connectivity index (χ4v) is 12.8. The molecule has 2 unspecified atom stereocenters. The average molecular weight is 571 g/mol. The first kappa shape index (κ1) is 28.5. The van der Waals surface area contributed by atoms with E-state index in [1.807, 2.05) is 0 Å².